The van der Waals surface area contributed by atoms with E-state index in [0.717, 1.165) is 33.4 Å². The predicted octanol–water partition coefficient (Wildman–Crippen LogP) is 3.20. The summed E-state index contributed by atoms with van der Waals surface area (Å²) in [5, 5.41) is 0.916. The molecule has 0 atom stereocenters. The molecular formula is C19H16N4O2S. The summed E-state index contributed by atoms with van der Waals surface area (Å²) in [6.45, 7) is 0. The smallest absolute Gasteiger partial charge is 0.240 e. The van der Waals surface area contributed by atoms with Crippen LogP contribution in [0.1, 0.15) is 0 Å². The van der Waals surface area contributed by atoms with Gasteiger partial charge in [-0.1, -0.05) is 36.4 Å². The topological polar surface area (TPSA) is 87.7 Å². The highest BCUT2D eigenvalue weighted by Gasteiger charge is 2.15. The molecule has 0 aliphatic heterocycles. The number of rotatable bonds is 4. The highest BCUT2D eigenvalue weighted by Crippen LogP contribution is 2.34. The molecule has 0 unspecified atom stereocenters. The summed E-state index contributed by atoms with van der Waals surface area (Å²) in [7, 11) is -2.11. The van der Waals surface area contributed by atoms with Crippen LogP contribution in [0, 0.1) is 0 Å². The minimum atomic E-state index is -3.51. The van der Waals surface area contributed by atoms with Crippen LogP contribution in [0.5, 0.6) is 0 Å². The van der Waals surface area contributed by atoms with Crippen LogP contribution in [0.2, 0.25) is 0 Å². The van der Waals surface area contributed by atoms with E-state index in [1.165, 1.54) is 13.4 Å². The minimum absolute atomic E-state index is 0.224. The van der Waals surface area contributed by atoms with Crippen molar-refractivity contribution in [3.63, 3.8) is 0 Å². The standard InChI is InChI=1S/C19H16N4O2S/c1-20-26(24,25)14-6-4-5-13(11-14)15-7-2-3-8-16(15)18-17-9-10-21-19(17)23-12-22-18/h2-12,20H,1H3,(H,21,22,23). The average molecular weight is 364 g/mol. The number of hydrogen-bond acceptors (Lipinski definition) is 4. The van der Waals surface area contributed by atoms with Gasteiger partial charge in [-0.15, -0.1) is 0 Å². The van der Waals surface area contributed by atoms with Gasteiger partial charge in [0, 0.05) is 17.1 Å². The summed E-state index contributed by atoms with van der Waals surface area (Å²) >= 11 is 0. The average Bonchev–Trinajstić information content (AvgIpc) is 3.17. The number of nitrogens with zero attached hydrogens (tertiary/aromatic N) is 2. The molecule has 0 fully saturated rings. The molecule has 2 aromatic carbocycles. The normalized spacial score (nSPS) is 11.7. The maximum absolute atomic E-state index is 12.1. The fourth-order valence-corrected chi connectivity index (χ4v) is 3.75. The maximum atomic E-state index is 12.1. The van der Waals surface area contributed by atoms with Gasteiger partial charge in [0.2, 0.25) is 10.0 Å². The number of aromatic amines is 1. The van der Waals surface area contributed by atoms with Gasteiger partial charge in [0.25, 0.3) is 0 Å². The van der Waals surface area contributed by atoms with Crippen molar-refractivity contribution in [2.24, 2.45) is 0 Å². The molecule has 0 saturated carbocycles. The van der Waals surface area contributed by atoms with Crippen molar-refractivity contribution in [3.8, 4) is 22.4 Å². The Morgan fingerprint density at radius 1 is 0.962 bits per heavy atom. The van der Waals surface area contributed by atoms with Crippen molar-refractivity contribution < 1.29 is 8.42 Å². The molecule has 0 amide bonds. The molecule has 7 heteroatoms. The number of benzene rings is 2. The van der Waals surface area contributed by atoms with Gasteiger partial charge >= 0.3 is 0 Å². The third kappa shape index (κ3) is 2.77. The summed E-state index contributed by atoms with van der Waals surface area (Å²) in [6.07, 6.45) is 3.35. The SMILES string of the molecule is CNS(=O)(=O)c1cccc(-c2ccccc2-c2ncnc3[nH]ccc23)c1. The summed E-state index contributed by atoms with van der Waals surface area (Å²) in [4.78, 5) is 12.0. The van der Waals surface area contributed by atoms with Crippen LogP contribution in [0.25, 0.3) is 33.4 Å². The summed E-state index contributed by atoms with van der Waals surface area (Å²) in [6, 6.07) is 16.6. The van der Waals surface area contributed by atoms with Crippen LogP contribution >= 0.6 is 0 Å². The Bertz CT molecular complexity index is 1200. The van der Waals surface area contributed by atoms with Crippen LogP contribution in [-0.4, -0.2) is 30.4 Å². The molecule has 2 N–H and O–H groups in total. The van der Waals surface area contributed by atoms with E-state index in [0.29, 0.717) is 0 Å². The highest BCUT2D eigenvalue weighted by atomic mass is 32.2. The van der Waals surface area contributed by atoms with Gasteiger partial charge in [0.1, 0.15) is 12.0 Å². The summed E-state index contributed by atoms with van der Waals surface area (Å²) in [5.74, 6) is 0. The van der Waals surface area contributed by atoms with Gasteiger partial charge in [-0.25, -0.2) is 23.1 Å². The molecule has 130 valence electrons. The zero-order valence-electron chi connectivity index (χ0n) is 14.0. The zero-order valence-corrected chi connectivity index (χ0v) is 14.8. The van der Waals surface area contributed by atoms with Crippen LogP contribution < -0.4 is 4.72 Å². The quantitative estimate of drug-likeness (QED) is 0.582. The minimum Gasteiger partial charge on any atom is -0.346 e. The molecule has 0 bridgehead atoms. The van der Waals surface area contributed by atoms with E-state index >= 15 is 0 Å². The second-order valence-corrected chi connectivity index (χ2v) is 7.63. The molecule has 4 aromatic rings. The number of fused-ring (bicyclic) bond motifs is 1. The van der Waals surface area contributed by atoms with Gasteiger partial charge in [-0.2, -0.15) is 0 Å². The van der Waals surface area contributed by atoms with Crippen molar-refractivity contribution in [3.05, 3.63) is 67.1 Å². The second kappa shape index (κ2) is 6.36. The molecule has 0 saturated heterocycles. The lowest BCUT2D eigenvalue weighted by Gasteiger charge is -2.11. The maximum Gasteiger partial charge on any atom is 0.240 e. The third-order valence-corrected chi connectivity index (χ3v) is 5.67. The first kappa shape index (κ1) is 16.4. The Labute approximate surface area is 151 Å². The molecule has 6 nitrogen and oxygen atoms in total. The fourth-order valence-electron chi connectivity index (χ4n) is 2.98. The van der Waals surface area contributed by atoms with Gasteiger partial charge in [-0.05, 0) is 36.4 Å². The number of hydrogen-bond donors (Lipinski definition) is 2. The molecule has 0 spiro atoms. The first-order valence-electron chi connectivity index (χ1n) is 8.01. The van der Waals surface area contributed by atoms with E-state index in [2.05, 4.69) is 19.7 Å². The van der Waals surface area contributed by atoms with Crippen molar-refractivity contribution in [1.82, 2.24) is 19.7 Å². The molecule has 0 aliphatic carbocycles. The van der Waals surface area contributed by atoms with Crippen LogP contribution in [0.4, 0.5) is 0 Å². The Morgan fingerprint density at radius 2 is 1.77 bits per heavy atom. The van der Waals surface area contributed by atoms with Crippen molar-refractivity contribution >= 4 is 21.1 Å². The third-order valence-electron chi connectivity index (χ3n) is 4.26. The lowest BCUT2D eigenvalue weighted by Crippen LogP contribution is -2.18. The fraction of sp³-hybridized carbons (Fsp3) is 0.0526. The number of sulfonamides is 1. The Morgan fingerprint density at radius 3 is 2.58 bits per heavy atom. The first-order valence-corrected chi connectivity index (χ1v) is 9.50. The van der Waals surface area contributed by atoms with E-state index in [4.69, 9.17) is 0 Å². The van der Waals surface area contributed by atoms with Crippen LogP contribution in [0.15, 0.2) is 72.0 Å². The van der Waals surface area contributed by atoms with E-state index in [-0.39, 0.29) is 4.90 Å². The number of H-pyrrole nitrogens is 1. The number of aromatic nitrogens is 3. The van der Waals surface area contributed by atoms with Crippen LogP contribution in [-0.2, 0) is 10.0 Å². The van der Waals surface area contributed by atoms with E-state index in [1.807, 2.05) is 42.6 Å². The van der Waals surface area contributed by atoms with Gasteiger partial charge in [0.15, 0.2) is 0 Å². The highest BCUT2D eigenvalue weighted by molar-refractivity contribution is 7.89. The molecule has 26 heavy (non-hydrogen) atoms. The first-order chi connectivity index (χ1) is 12.6. The molecule has 4 rings (SSSR count). The molecule has 0 radical (unpaired) electrons. The zero-order chi connectivity index (χ0) is 18.1. The van der Waals surface area contributed by atoms with Crippen molar-refractivity contribution in [1.29, 1.82) is 0 Å². The van der Waals surface area contributed by atoms with Crippen molar-refractivity contribution in [2.45, 2.75) is 4.90 Å². The van der Waals surface area contributed by atoms with Gasteiger partial charge < -0.3 is 4.98 Å². The molecular weight excluding hydrogens is 348 g/mol. The lowest BCUT2D eigenvalue weighted by atomic mass is 9.96. The van der Waals surface area contributed by atoms with Crippen molar-refractivity contribution in [2.75, 3.05) is 7.05 Å². The Balaban J connectivity index is 1.93. The molecule has 0 aliphatic rings. The summed E-state index contributed by atoms with van der Waals surface area (Å²) in [5.41, 5.74) is 4.18. The largest absolute Gasteiger partial charge is 0.346 e. The Kier molecular flexibility index (Phi) is 4.02. The monoisotopic (exact) mass is 364 g/mol. The van der Waals surface area contributed by atoms with Gasteiger partial charge in [-0.3, -0.25) is 0 Å². The van der Waals surface area contributed by atoms with E-state index in [1.54, 1.807) is 18.2 Å². The summed E-state index contributed by atoms with van der Waals surface area (Å²) < 4.78 is 26.6. The Hall–Kier alpha value is -3.03. The lowest BCUT2D eigenvalue weighted by molar-refractivity contribution is 0.588. The van der Waals surface area contributed by atoms with E-state index < -0.39 is 10.0 Å². The molecule has 2 aromatic heterocycles. The second-order valence-electron chi connectivity index (χ2n) is 5.74. The van der Waals surface area contributed by atoms with Crippen LogP contribution in [0.3, 0.4) is 0 Å². The van der Waals surface area contributed by atoms with E-state index in [9.17, 15) is 8.42 Å². The number of nitrogens with one attached hydrogen (secondary N) is 2. The predicted molar refractivity (Wildman–Crippen MR) is 101 cm³/mol. The molecule has 2 heterocycles. The van der Waals surface area contributed by atoms with Gasteiger partial charge in [0.05, 0.1) is 10.6 Å².